The molecule has 0 aliphatic carbocycles. The molecule has 1 amide bonds. The van der Waals surface area contributed by atoms with Crippen molar-refractivity contribution >= 4 is 52.7 Å². The van der Waals surface area contributed by atoms with Gasteiger partial charge >= 0.3 is 5.97 Å². The fourth-order valence-electron chi connectivity index (χ4n) is 1.74. The number of pyridine rings is 1. The molecule has 0 fully saturated rings. The Morgan fingerprint density at radius 3 is 2.62 bits per heavy atom. The molecule has 1 atom stereocenters. The lowest BCUT2D eigenvalue weighted by molar-refractivity contribution is -0.123. The molecular weight excluding hydrogens is 371 g/mol. The van der Waals surface area contributed by atoms with Crippen LogP contribution in [0.2, 0.25) is 10.0 Å². The number of thioether (sulfide) groups is 1. The van der Waals surface area contributed by atoms with Crippen LogP contribution in [-0.2, 0) is 9.53 Å². The van der Waals surface area contributed by atoms with Crippen molar-refractivity contribution in [2.45, 2.75) is 17.9 Å². The average molecular weight is 385 g/mol. The molecule has 126 valence electrons. The minimum absolute atomic E-state index is 0.216. The summed E-state index contributed by atoms with van der Waals surface area (Å²) in [6.45, 7) is 1.47. The van der Waals surface area contributed by atoms with E-state index in [0.717, 1.165) is 4.90 Å². The number of amides is 1. The third-order valence-corrected chi connectivity index (χ3v) is 4.30. The summed E-state index contributed by atoms with van der Waals surface area (Å²) in [5.41, 5.74) is 0.216. The molecule has 0 aliphatic rings. The van der Waals surface area contributed by atoms with Crippen molar-refractivity contribution in [1.29, 1.82) is 0 Å². The molecule has 0 unspecified atom stereocenters. The zero-order valence-corrected chi connectivity index (χ0v) is 15.2. The summed E-state index contributed by atoms with van der Waals surface area (Å²) in [5, 5.41) is 3.26. The molecule has 5 nitrogen and oxygen atoms in total. The lowest BCUT2D eigenvalue weighted by Crippen LogP contribution is -2.30. The summed E-state index contributed by atoms with van der Waals surface area (Å²) in [7, 11) is 0. The van der Waals surface area contributed by atoms with Crippen LogP contribution in [0, 0.1) is 0 Å². The van der Waals surface area contributed by atoms with Crippen LogP contribution < -0.4 is 5.32 Å². The number of ether oxygens (including phenoxy) is 1. The number of benzene rings is 1. The van der Waals surface area contributed by atoms with Crippen LogP contribution in [0.5, 0.6) is 0 Å². The number of esters is 1. The Labute approximate surface area is 153 Å². The minimum Gasteiger partial charge on any atom is -0.449 e. The van der Waals surface area contributed by atoms with Gasteiger partial charge in [-0.1, -0.05) is 23.2 Å². The van der Waals surface area contributed by atoms with Gasteiger partial charge in [0.15, 0.2) is 6.10 Å². The Balaban J connectivity index is 2.02. The molecule has 0 saturated carbocycles. The van der Waals surface area contributed by atoms with E-state index in [4.69, 9.17) is 27.9 Å². The Morgan fingerprint density at radius 2 is 2.00 bits per heavy atom. The summed E-state index contributed by atoms with van der Waals surface area (Å²) in [6.07, 6.45) is 2.28. The van der Waals surface area contributed by atoms with E-state index in [1.165, 1.54) is 24.9 Å². The molecule has 1 heterocycles. The van der Waals surface area contributed by atoms with Gasteiger partial charge in [-0.25, -0.2) is 9.78 Å². The Hall–Kier alpha value is -1.76. The van der Waals surface area contributed by atoms with E-state index >= 15 is 0 Å². The van der Waals surface area contributed by atoms with Crippen LogP contribution in [0.4, 0.5) is 5.82 Å². The molecule has 1 aromatic heterocycles. The van der Waals surface area contributed by atoms with Crippen LogP contribution in [0.3, 0.4) is 0 Å². The van der Waals surface area contributed by atoms with Gasteiger partial charge in [-0.3, -0.25) is 4.79 Å². The van der Waals surface area contributed by atoms with Crippen LogP contribution in [0.15, 0.2) is 41.4 Å². The van der Waals surface area contributed by atoms with E-state index in [2.05, 4.69) is 10.3 Å². The first-order valence-corrected chi connectivity index (χ1v) is 8.85. The van der Waals surface area contributed by atoms with Gasteiger partial charge in [-0.05, 0) is 43.5 Å². The third kappa shape index (κ3) is 4.87. The van der Waals surface area contributed by atoms with Gasteiger partial charge in [0.25, 0.3) is 5.91 Å². The molecule has 8 heteroatoms. The highest BCUT2D eigenvalue weighted by atomic mass is 35.5. The number of nitrogens with zero attached hydrogens (tertiary/aromatic N) is 1. The number of carbonyl (C=O) groups excluding carboxylic acids is 2. The quantitative estimate of drug-likeness (QED) is 0.614. The van der Waals surface area contributed by atoms with Crippen molar-refractivity contribution in [3.05, 3.63) is 52.1 Å². The molecule has 1 N–H and O–H groups in total. The monoisotopic (exact) mass is 384 g/mol. The van der Waals surface area contributed by atoms with Gasteiger partial charge < -0.3 is 10.1 Å². The van der Waals surface area contributed by atoms with Crippen LogP contribution >= 0.6 is 35.0 Å². The molecule has 0 saturated heterocycles. The highest BCUT2D eigenvalue weighted by Gasteiger charge is 2.21. The number of rotatable bonds is 5. The van der Waals surface area contributed by atoms with E-state index in [9.17, 15) is 9.59 Å². The normalized spacial score (nSPS) is 11.7. The fraction of sp³-hybridized carbons (Fsp3) is 0.188. The maximum Gasteiger partial charge on any atom is 0.340 e. The molecule has 2 aromatic rings. The number of anilines is 1. The number of hydrogen-bond acceptors (Lipinski definition) is 5. The summed E-state index contributed by atoms with van der Waals surface area (Å²) in [5.74, 6) is -0.854. The second-order valence-corrected chi connectivity index (χ2v) is 6.47. The van der Waals surface area contributed by atoms with Crippen molar-refractivity contribution in [3.63, 3.8) is 0 Å². The number of hydrogen-bond donors (Lipinski definition) is 1. The smallest absolute Gasteiger partial charge is 0.340 e. The lowest BCUT2D eigenvalue weighted by atomic mass is 10.2. The molecule has 2 rings (SSSR count). The van der Waals surface area contributed by atoms with Crippen molar-refractivity contribution in [2.75, 3.05) is 11.6 Å². The summed E-state index contributed by atoms with van der Waals surface area (Å²) in [6, 6.07) is 8.18. The first-order valence-electron chi connectivity index (χ1n) is 6.87. The van der Waals surface area contributed by atoms with Gasteiger partial charge in [0.2, 0.25) is 0 Å². The maximum absolute atomic E-state index is 12.2. The van der Waals surface area contributed by atoms with Crippen molar-refractivity contribution < 1.29 is 14.3 Å². The van der Waals surface area contributed by atoms with Gasteiger partial charge in [-0.15, -0.1) is 11.8 Å². The van der Waals surface area contributed by atoms with E-state index in [1.807, 2.05) is 6.26 Å². The van der Waals surface area contributed by atoms with E-state index in [1.54, 1.807) is 30.3 Å². The predicted molar refractivity (Wildman–Crippen MR) is 96.0 cm³/mol. The highest BCUT2D eigenvalue weighted by molar-refractivity contribution is 7.98. The van der Waals surface area contributed by atoms with Crippen LogP contribution in [0.25, 0.3) is 0 Å². The van der Waals surface area contributed by atoms with Gasteiger partial charge in [0, 0.05) is 11.1 Å². The van der Waals surface area contributed by atoms with Crippen molar-refractivity contribution in [1.82, 2.24) is 4.98 Å². The molecule has 0 bridgehead atoms. The molecule has 0 aliphatic heterocycles. The van der Waals surface area contributed by atoms with E-state index < -0.39 is 18.0 Å². The highest BCUT2D eigenvalue weighted by Crippen LogP contribution is 2.24. The zero-order chi connectivity index (χ0) is 17.7. The van der Waals surface area contributed by atoms with Crippen molar-refractivity contribution in [2.24, 2.45) is 0 Å². The molecule has 24 heavy (non-hydrogen) atoms. The molecule has 0 radical (unpaired) electrons. The average Bonchev–Trinajstić information content (AvgIpc) is 2.57. The minimum atomic E-state index is -1.01. The number of aromatic nitrogens is 1. The Bertz CT molecular complexity index is 753. The Morgan fingerprint density at radius 1 is 1.25 bits per heavy atom. The summed E-state index contributed by atoms with van der Waals surface area (Å²) < 4.78 is 5.18. The zero-order valence-electron chi connectivity index (χ0n) is 12.9. The second kappa shape index (κ2) is 8.37. The topological polar surface area (TPSA) is 68.3 Å². The SMILES string of the molecule is CSc1ccc(Cl)c(C(=O)O[C@H](C)C(=O)Nc2ccc(Cl)cn2)c1. The first-order chi connectivity index (χ1) is 11.4. The van der Waals surface area contributed by atoms with E-state index in [0.29, 0.717) is 10.8 Å². The lowest BCUT2D eigenvalue weighted by Gasteiger charge is -2.14. The number of carbonyl (C=O) groups is 2. The standard InChI is InChI=1S/C16H14Cl2N2O3S/c1-9(15(21)20-14-6-3-10(17)8-19-14)23-16(22)12-7-11(24-2)4-5-13(12)18/h3-9H,1-2H3,(H,19,20,21)/t9-/m1/s1. The maximum atomic E-state index is 12.2. The Kier molecular flexibility index (Phi) is 6.48. The number of halogens is 2. The van der Waals surface area contributed by atoms with Crippen LogP contribution in [-0.4, -0.2) is 29.2 Å². The van der Waals surface area contributed by atoms with Crippen molar-refractivity contribution in [3.8, 4) is 0 Å². The van der Waals surface area contributed by atoms with Gasteiger partial charge in [0.05, 0.1) is 15.6 Å². The largest absolute Gasteiger partial charge is 0.449 e. The van der Waals surface area contributed by atoms with Gasteiger partial charge in [-0.2, -0.15) is 0 Å². The summed E-state index contributed by atoms with van der Waals surface area (Å²) in [4.78, 5) is 29.1. The second-order valence-electron chi connectivity index (χ2n) is 4.74. The molecular formula is C16H14Cl2N2O3S. The molecule has 1 aromatic carbocycles. The third-order valence-electron chi connectivity index (χ3n) is 3.03. The fourth-order valence-corrected chi connectivity index (χ4v) is 2.49. The van der Waals surface area contributed by atoms with Crippen LogP contribution in [0.1, 0.15) is 17.3 Å². The van der Waals surface area contributed by atoms with Gasteiger partial charge in [0.1, 0.15) is 5.82 Å². The molecule has 0 spiro atoms. The predicted octanol–water partition coefficient (Wildman–Crippen LogP) is 4.29. The van der Waals surface area contributed by atoms with E-state index in [-0.39, 0.29) is 10.6 Å². The first kappa shape index (κ1) is 18.6. The number of nitrogens with one attached hydrogen (secondary N) is 1. The summed E-state index contributed by atoms with van der Waals surface area (Å²) >= 11 is 13.2.